The molecule has 118 valence electrons. The van der Waals surface area contributed by atoms with Crippen LogP contribution in [0.5, 0.6) is 0 Å². The van der Waals surface area contributed by atoms with Crippen LogP contribution in [0, 0.1) is 0 Å². The fraction of sp³-hybridized carbons (Fsp3) is 0.438. The molecule has 1 aliphatic carbocycles. The molecule has 0 fully saturated rings. The highest BCUT2D eigenvalue weighted by atomic mass is 32.2. The molecule has 2 aromatic rings. The molecule has 1 aliphatic rings. The number of sulfone groups is 1. The number of thioether (sulfide) groups is 1. The smallest absolute Gasteiger partial charge is 0.175 e. The molecule has 0 amide bonds. The van der Waals surface area contributed by atoms with Crippen molar-refractivity contribution >= 4 is 21.6 Å². The minimum absolute atomic E-state index is 0.367. The lowest BCUT2D eigenvalue weighted by atomic mass is 9.97. The van der Waals surface area contributed by atoms with Gasteiger partial charge in [0.15, 0.2) is 9.84 Å². The molecule has 0 saturated heterocycles. The molecule has 0 unspecified atom stereocenters. The zero-order valence-electron chi connectivity index (χ0n) is 12.5. The van der Waals surface area contributed by atoms with Crippen molar-refractivity contribution in [2.45, 2.75) is 42.1 Å². The molecule has 22 heavy (non-hydrogen) atoms. The fourth-order valence-electron chi connectivity index (χ4n) is 2.66. The van der Waals surface area contributed by atoms with Crippen molar-refractivity contribution in [2.24, 2.45) is 0 Å². The maximum absolute atomic E-state index is 11.4. The van der Waals surface area contributed by atoms with E-state index in [2.05, 4.69) is 5.16 Å². The van der Waals surface area contributed by atoms with Gasteiger partial charge in [0, 0.05) is 29.7 Å². The molecule has 0 spiro atoms. The van der Waals surface area contributed by atoms with Crippen molar-refractivity contribution in [3.63, 3.8) is 0 Å². The van der Waals surface area contributed by atoms with Crippen molar-refractivity contribution in [1.29, 1.82) is 0 Å². The maximum atomic E-state index is 11.4. The van der Waals surface area contributed by atoms with Crippen LogP contribution in [0.2, 0.25) is 0 Å². The van der Waals surface area contributed by atoms with Gasteiger partial charge in [-0.15, -0.1) is 0 Å². The van der Waals surface area contributed by atoms with E-state index in [4.69, 9.17) is 4.52 Å². The first-order chi connectivity index (χ1) is 10.5. The lowest BCUT2D eigenvalue weighted by Gasteiger charge is -2.09. The predicted octanol–water partition coefficient (Wildman–Crippen LogP) is 3.39. The molecule has 0 atom stereocenters. The second-order valence-electron chi connectivity index (χ2n) is 5.65. The van der Waals surface area contributed by atoms with E-state index in [0.29, 0.717) is 4.90 Å². The largest absolute Gasteiger partial charge is 0.361 e. The van der Waals surface area contributed by atoms with Crippen LogP contribution in [0.3, 0.4) is 0 Å². The Labute approximate surface area is 135 Å². The Morgan fingerprint density at radius 1 is 1.14 bits per heavy atom. The van der Waals surface area contributed by atoms with Crippen LogP contribution in [0.15, 0.2) is 33.7 Å². The van der Waals surface area contributed by atoms with Crippen molar-refractivity contribution in [3.05, 3.63) is 46.8 Å². The minimum Gasteiger partial charge on any atom is -0.361 e. The average molecular weight is 337 g/mol. The summed E-state index contributed by atoms with van der Waals surface area (Å²) in [7, 11) is -3.12. The van der Waals surface area contributed by atoms with E-state index in [0.717, 1.165) is 41.4 Å². The van der Waals surface area contributed by atoms with Gasteiger partial charge in [0.1, 0.15) is 5.76 Å². The fourth-order valence-corrected chi connectivity index (χ4v) is 4.24. The first-order valence-electron chi connectivity index (χ1n) is 7.37. The van der Waals surface area contributed by atoms with Crippen molar-refractivity contribution < 1.29 is 12.9 Å². The number of fused-ring (bicyclic) bond motifs is 1. The molecule has 0 radical (unpaired) electrons. The number of benzene rings is 1. The molecule has 0 saturated carbocycles. The third-order valence-corrected chi connectivity index (χ3v) is 6.03. The highest BCUT2D eigenvalue weighted by molar-refractivity contribution is 7.97. The Kier molecular flexibility index (Phi) is 4.59. The van der Waals surface area contributed by atoms with Crippen LogP contribution in [0.4, 0.5) is 0 Å². The van der Waals surface area contributed by atoms with Crippen molar-refractivity contribution in [2.75, 3.05) is 6.26 Å². The normalized spacial score (nSPS) is 14.8. The van der Waals surface area contributed by atoms with E-state index in [1.807, 2.05) is 12.1 Å². The van der Waals surface area contributed by atoms with Gasteiger partial charge in [-0.25, -0.2) is 8.42 Å². The monoisotopic (exact) mass is 337 g/mol. The van der Waals surface area contributed by atoms with E-state index in [1.54, 1.807) is 23.9 Å². The summed E-state index contributed by atoms with van der Waals surface area (Å²) in [4.78, 5) is 0.367. The van der Waals surface area contributed by atoms with Gasteiger partial charge < -0.3 is 4.52 Å². The number of aryl methyl sites for hydroxylation is 1. The summed E-state index contributed by atoms with van der Waals surface area (Å²) in [5, 5.41) is 4.20. The van der Waals surface area contributed by atoms with E-state index in [1.165, 1.54) is 24.7 Å². The van der Waals surface area contributed by atoms with Crippen molar-refractivity contribution in [1.82, 2.24) is 5.16 Å². The number of hydrogen-bond acceptors (Lipinski definition) is 5. The lowest BCUT2D eigenvalue weighted by molar-refractivity contribution is 0.369. The molecule has 6 heteroatoms. The van der Waals surface area contributed by atoms with Crippen molar-refractivity contribution in [3.8, 4) is 0 Å². The summed E-state index contributed by atoms with van der Waals surface area (Å²) in [6.45, 7) is 0. The Morgan fingerprint density at radius 2 is 1.86 bits per heavy atom. The third-order valence-electron chi connectivity index (χ3n) is 3.89. The van der Waals surface area contributed by atoms with Gasteiger partial charge in [-0.3, -0.25) is 0 Å². The van der Waals surface area contributed by atoms with E-state index in [-0.39, 0.29) is 0 Å². The summed E-state index contributed by atoms with van der Waals surface area (Å²) in [6, 6.07) is 7.09. The average Bonchev–Trinajstić information content (AvgIpc) is 2.90. The maximum Gasteiger partial charge on any atom is 0.175 e. The Morgan fingerprint density at radius 3 is 2.59 bits per heavy atom. The van der Waals surface area contributed by atoms with Gasteiger partial charge in [-0.05, 0) is 37.0 Å². The minimum atomic E-state index is -3.12. The van der Waals surface area contributed by atoms with Crippen LogP contribution in [0.1, 0.15) is 35.4 Å². The number of rotatable bonds is 5. The van der Waals surface area contributed by atoms with E-state index >= 15 is 0 Å². The Balaban J connectivity index is 1.58. The van der Waals surface area contributed by atoms with Gasteiger partial charge in [-0.2, -0.15) is 11.8 Å². The van der Waals surface area contributed by atoms with Gasteiger partial charge in [0.05, 0.1) is 10.6 Å². The van der Waals surface area contributed by atoms with Gasteiger partial charge in [-0.1, -0.05) is 17.3 Å². The Hall–Kier alpha value is -1.27. The standard InChI is InChI=1S/C16H19NO3S2/c1-22(18,19)13-8-6-12(7-9-13)10-21-11-15-14-4-2-3-5-16(14)20-17-15/h6-9H,2-5,10-11H2,1H3. The van der Waals surface area contributed by atoms with Gasteiger partial charge in [0.25, 0.3) is 0 Å². The van der Waals surface area contributed by atoms with Crippen LogP contribution in [-0.2, 0) is 34.2 Å². The number of aromatic nitrogens is 1. The SMILES string of the molecule is CS(=O)(=O)c1ccc(CSCc2noc3c2CCCC3)cc1. The summed E-state index contributed by atoms with van der Waals surface area (Å²) in [6.07, 6.45) is 5.74. The second-order valence-corrected chi connectivity index (χ2v) is 8.65. The first kappa shape index (κ1) is 15.6. The van der Waals surface area contributed by atoms with Crippen LogP contribution < -0.4 is 0 Å². The molecule has 0 aliphatic heterocycles. The van der Waals surface area contributed by atoms with E-state index < -0.39 is 9.84 Å². The molecule has 0 N–H and O–H groups in total. The zero-order chi connectivity index (χ0) is 15.6. The lowest BCUT2D eigenvalue weighted by Crippen LogP contribution is -2.01. The van der Waals surface area contributed by atoms with E-state index in [9.17, 15) is 8.42 Å². The first-order valence-corrected chi connectivity index (χ1v) is 10.4. The molecule has 0 bridgehead atoms. The molecule has 4 nitrogen and oxygen atoms in total. The Bertz CT molecular complexity index is 748. The number of hydrogen-bond donors (Lipinski definition) is 0. The molecule has 1 aromatic heterocycles. The van der Waals surface area contributed by atoms with Gasteiger partial charge in [0.2, 0.25) is 0 Å². The van der Waals surface area contributed by atoms with Crippen LogP contribution in [0.25, 0.3) is 0 Å². The molecular formula is C16H19NO3S2. The quantitative estimate of drug-likeness (QED) is 0.837. The van der Waals surface area contributed by atoms with Crippen LogP contribution >= 0.6 is 11.8 Å². The zero-order valence-corrected chi connectivity index (χ0v) is 14.2. The topological polar surface area (TPSA) is 60.2 Å². The molecular weight excluding hydrogens is 318 g/mol. The van der Waals surface area contributed by atoms with Crippen LogP contribution in [-0.4, -0.2) is 19.8 Å². The highest BCUT2D eigenvalue weighted by Crippen LogP contribution is 2.27. The predicted molar refractivity (Wildman–Crippen MR) is 87.7 cm³/mol. The van der Waals surface area contributed by atoms with Gasteiger partial charge >= 0.3 is 0 Å². The molecule has 1 heterocycles. The molecule has 3 rings (SSSR count). The number of nitrogens with zero attached hydrogens (tertiary/aromatic N) is 1. The summed E-state index contributed by atoms with van der Waals surface area (Å²) < 4.78 is 28.3. The highest BCUT2D eigenvalue weighted by Gasteiger charge is 2.18. The third kappa shape index (κ3) is 3.55. The summed E-state index contributed by atoms with van der Waals surface area (Å²) >= 11 is 1.78. The second kappa shape index (κ2) is 6.46. The summed E-state index contributed by atoms with van der Waals surface area (Å²) in [5.74, 6) is 2.75. The summed E-state index contributed by atoms with van der Waals surface area (Å²) in [5.41, 5.74) is 3.51. The molecule has 1 aromatic carbocycles.